The molecule has 0 aromatic heterocycles. The molecule has 4 atom stereocenters. The molecule has 0 spiro atoms. The van der Waals surface area contributed by atoms with E-state index in [1.54, 1.807) is 4.90 Å². The average molecular weight is 282 g/mol. The number of carbonyl (C=O) groups excluding carboxylic acids is 1. The van der Waals surface area contributed by atoms with Gasteiger partial charge in [0.2, 0.25) is 0 Å². The molecule has 0 bridgehead atoms. The Balaban J connectivity index is 1.90. The SMILES string of the molecule is CC1CCCCCC1NC(=O)N1CC(C)C(C(=O)O)C1. The summed E-state index contributed by atoms with van der Waals surface area (Å²) in [6, 6.07) is 0.156. The summed E-state index contributed by atoms with van der Waals surface area (Å²) in [6.07, 6.45) is 5.87. The highest BCUT2D eigenvalue weighted by Crippen LogP contribution is 2.25. The summed E-state index contributed by atoms with van der Waals surface area (Å²) in [4.78, 5) is 25.1. The Morgan fingerprint density at radius 2 is 1.75 bits per heavy atom. The summed E-state index contributed by atoms with van der Waals surface area (Å²) in [5.41, 5.74) is 0. The predicted octanol–water partition coefficient (Wildman–Crippen LogP) is 2.32. The first kappa shape index (κ1) is 15.1. The second-order valence-electron chi connectivity index (χ2n) is 6.50. The summed E-state index contributed by atoms with van der Waals surface area (Å²) in [6.45, 7) is 4.98. The molecule has 1 saturated heterocycles. The van der Waals surface area contributed by atoms with Crippen molar-refractivity contribution in [3.05, 3.63) is 0 Å². The van der Waals surface area contributed by atoms with Gasteiger partial charge in [-0.2, -0.15) is 0 Å². The first-order valence-electron chi connectivity index (χ1n) is 7.77. The number of rotatable bonds is 2. The molecule has 1 aliphatic heterocycles. The molecule has 1 aliphatic carbocycles. The van der Waals surface area contributed by atoms with Gasteiger partial charge in [0, 0.05) is 19.1 Å². The third-order valence-corrected chi connectivity index (χ3v) is 4.89. The molecule has 2 amide bonds. The lowest BCUT2D eigenvalue weighted by Crippen LogP contribution is -2.46. The molecule has 0 aromatic rings. The minimum atomic E-state index is -0.796. The monoisotopic (exact) mass is 282 g/mol. The second kappa shape index (κ2) is 6.46. The van der Waals surface area contributed by atoms with Gasteiger partial charge < -0.3 is 15.3 Å². The standard InChI is InChI=1S/C15H26N2O3/c1-10-6-4-3-5-7-13(10)16-15(20)17-8-11(2)12(9-17)14(18)19/h10-13H,3-9H2,1-2H3,(H,16,20)(H,18,19). The fraction of sp³-hybridized carbons (Fsp3) is 0.867. The minimum absolute atomic E-state index is 0.0322. The Bertz CT molecular complexity index is 372. The largest absolute Gasteiger partial charge is 0.481 e. The molecule has 0 aromatic carbocycles. The zero-order valence-electron chi connectivity index (χ0n) is 12.5. The van der Waals surface area contributed by atoms with Crippen LogP contribution in [0.25, 0.3) is 0 Å². The molecular formula is C15H26N2O3. The van der Waals surface area contributed by atoms with Crippen LogP contribution in [0, 0.1) is 17.8 Å². The first-order chi connectivity index (χ1) is 9.49. The molecule has 4 unspecified atom stereocenters. The summed E-state index contributed by atoms with van der Waals surface area (Å²) < 4.78 is 0. The van der Waals surface area contributed by atoms with Crippen molar-refractivity contribution in [2.24, 2.45) is 17.8 Å². The number of carbonyl (C=O) groups is 2. The Hall–Kier alpha value is -1.26. The Kier molecular flexibility index (Phi) is 4.89. The number of hydrogen-bond donors (Lipinski definition) is 2. The summed E-state index contributed by atoms with van der Waals surface area (Å²) in [7, 11) is 0. The Labute approximate surface area is 120 Å². The van der Waals surface area contributed by atoms with E-state index < -0.39 is 11.9 Å². The van der Waals surface area contributed by atoms with Crippen LogP contribution in [0.3, 0.4) is 0 Å². The van der Waals surface area contributed by atoms with Crippen molar-refractivity contribution in [3.63, 3.8) is 0 Å². The number of likely N-dealkylation sites (tertiary alicyclic amines) is 1. The van der Waals surface area contributed by atoms with Crippen LogP contribution in [0.4, 0.5) is 4.79 Å². The maximum atomic E-state index is 12.3. The van der Waals surface area contributed by atoms with Crippen LogP contribution in [0.15, 0.2) is 0 Å². The number of carboxylic acid groups (broad SMARTS) is 1. The van der Waals surface area contributed by atoms with Gasteiger partial charge in [-0.1, -0.05) is 33.1 Å². The van der Waals surface area contributed by atoms with Crippen LogP contribution in [0.5, 0.6) is 0 Å². The van der Waals surface area contributed by atoms with Crippen LogP contribution in [0.1, 0.15) is 46.0 Å². The normalized spacial score (nSPS) is 34.6. The van der Waals surface area contributed by atoms with E-state index in [0.29, 0.717) is 19.0 Å². The quantitative estimate of drug-likeness (QED) is 0.764. The van der Waals surface area contributed by atoms with Crippen LogP contribution >= 0.6 is 0 Å². The topological polar surface area (TPSA) is 69.6 Å². The van der Waals surface area contributed by atoms with Crippen molar-refractivity contribution >= 4 is 12.0 Å². The van der Waals surface area contributed by atoms with Crippen molar-refractivity contribution in [2.75, 3.05) is 13.1 Å². The fourth-order valence-electron chi connectivity index (χ4n) is 3.41. The highest BCUT2D eigenvalue weighted by molar-refractivity contribution is 5.77. The number of carboxylic acids is 1. The average Bonchev–Trinajstić information content (AvgIpc) is 2.68. The molecular weight excluding hydrogens is 256 g/mol. The lowest BCUT2D eigenvalue weighted by molar-refractivity contribution is -0.142. The van der Waals surface area contributed by atoms with E-state index in [-0.39, 0.29) is 18.0 Å². The molecule has 0 radical (unpaired) electrons. The number of amides is 2. The molecule has 2 rings (SSSR count). The summed E-state index contributed by atoms with van der Waals surface area (Å²) >= 11 is 0. The molecule has 1 heterocycles. The van der Waals surface area contributed by atoms with Gasteiger partial charge >= 0.3 is 12.0 Å². The second-order valence-corrected chi connectivity index (χ2v) is 6.50. The molecule has 5 heteroatoms. The van der Waals surface area contributed by atoms with Gasteiger partial charge in [0.25, 0.3) is 0 Å². The molecule has 1 saturated carbocycles. The van der Waals surface area contributed by atoms with E-state index in [0.717, 1.165) is 6.42 Å². The molecule has 5 nitrogen and oxygen atoms in total. The molecule has 2 aliphatic rings. The van der Waals surface area contributed by atoms with Gasteiger partial charge in [-0.05, 0) is 24.7 Å². The summed E-state index contributed by atoms with van der Waals surface area (Å²) in [5.74, 6) is -0.676. The van der Waals surface area contributed by atoms with Crippen LogP contribution in [-0.4, -0.2) is 41.1 Å². The third kappa shape index (κ3) is 3.44. The van der Waals surface area contributed by atoms with E-state index in [4.69, 9.17) is 5.11 Å². The smallest absolute Gasteiger partial charge is 0.317 e. The number of aliphatic carboxylic acids is 1. The van der Waals surface area contributed by atoms with Crippen molar-refractivity contribution in [2.45, 2.75) is 52.0 Å². The zero-order chi connectivity index (χ0) is 14.7. The van der Waals surface area contributed by atoms with Crippen LogP contribution < -0.4 is 5.32 Å². The lowest BCUT2D eigenvalue weighted by atomic mass is 9.97. The number of nitrogens with one attached hydrogen (secondary N) is 1. The highest BCUT2D eigenvalue weighted by Gasteiger charge is 2.37. The molecule has 114 valence electrons. The van der Waals surface area contributed by atoms with Crippen LogP contribution in [-0.2, 0) is 4.79 Å². The van der Waals surface area contributed by atoms with E-state index in [9.17, 15) is 9.59 Å². The zero-order valence-corrected chi connectivity index (χ0v) is 12.5. The van der Waals surface area contributed by atoms with Gasteiger partial charge in [0.1, 0.15) is 0 Å². The van der Waals surface area contributed by atoms with Crippen molar-refractivity contribution in [1.29, 1.82) is 0 Å². The molecule has 20 heavy (non-hydrogen) atoms. The van der Waals surface area contributed by atoms with Gasteiger partial charge in [-0.15, -0.1) is 0 Å². The predicted molar refractivity (Wildman–Crippen MR) is 76.4 cm³/mol. The van der Waals surface area contributed by atoms with Gasteiger partial charge in [0.05, 0.1) is 5.92 Å². The lowest BCUT2D eigenvalue weighted by Gasteiger charge is -2.26. The van der Waals surface area contributed by atoms with Crippen molar-refractivity contribution in [1.82, 2.24) is 10.2 Å². The van der Waals surface area contributed by atoms with Crippen LogP contribution in [0.2, 0.25) is 0 Å². The third-order valence-electron chi connectivity index (χ3n) is 4.89. The van der Waals surface area contributed by atoms with E-state index in [1.165, 1.54) is 25.7 Å². The molecule has 2 N–H and O–H groups in total. The molecule has 2 fully saturated rings. The maximum Gasteiger partial charge on any atom is 0.317 e. The van der Waals surface area contributed by atoms with Gasteiger partial charge in [-0.3, -0.25) is 4.79 Å². The van der Waals surface area contributed by atoms with Crippen molar-refractivity contribution in [3.8, 4) is 0 Å². The van der Waals surface area contributed by atoms with Crippen molar-refractivity contribution < 1.29 is 14.7 Å². The first-order valence-corrected chi connectivity index (χ1v) is 7.77. The summed E-state index contributed by atoms with van der Waals surface area (Å²) in [5, 5.41) is 12.3. The number of hydrogen-bond acceptors (Lipinski definition) is 2. The number of nitrogens with zero attached hydrogens (tertiary/aromatic N) is 1. The Morgan fingerprint density at radius 1 is 1.05 bits per heavy atom. The van der Waals surface area contributed by atoms with E-state index in [2.05, 4.69) is 12.2 Å². The minimum Gasteiger partial charge on any atom is -0.481 e. The number of urea groups is 1. The fourth-order valence-corrected chi connectivity index (χ4v) is 3.41. The maximum absolute atomic E-state index is 12.3. The Morgan fingerprint density at radius 3 is 2.40 bits per heavy atom. The van der Waals surface area contributed by atoms with Gasteiger partial charge in [-0.25, -0.2) is 4.79 Å². The van der Waals surface area contributed by atoms with Gasteiger partial charge in [0.15, 0.2) is 0 Å². The van der Waals surface area contributed by atoms with E-state index in [1.807, 2.05) is 6.92 Å². The highest BCUT2D eigenvalue weighted by atomic mass is 16.4. The van der Waals surface area contributed by atoms with E-state index >= 15 is 0 Å².